The lowest BCUT2D eigenvalue weighted by atomic mass is 10.1. The summed E-state index contributed by atoms with van der Waals surface area (Å²) in [5.41, 5.74) is 4.87. The van der Waals surface area contributed by atoms with Crippen LogP contribution in [-0.2, 0) is 0 Å². The minimum absolute atomic E-state index is 0.223. The molecule has 3 rings (SSSR count). The molecule has 25 heavy (non-hydrogen) atoms. The number of carbonyl (C=O) groups is 1. The summed E-state index contributed by atoms with van der Waals surface area (Å²) in [4.78, 5) is 12.0. The monoisotopic (exact) mass is 468 g/mol. The third kappa shape index (κ3) is 3.78. The van der Waals surface area contributed by atoms with Crippen LogP contribution >= 0.6 is 34.2 Å². The summed E-state index contributed by atoms with van der Waals surface area (Å²) in [7, 11) is 0. The smallest absolute Gasteiger partial charge is 0.276 e. The van der Waals surface area contributed by atoms with Crippen molar-refractivity contribution in [2.24, 2.45) is 0 Å². The van der Waals surface area contributed by atoms with E-state index in [0.717, 1.165) is 14.8 Å². The predicted molar refractivity (Wildman–Crippen MR) is 105 cm³/mol. The van der Waals surface area contributed by atoms with Crippen LogP contribution in [0.15, 0.2) is 48.8 Å². The highest BCUT2D eigenvalue weighted by atomic mass is 127. The highest BCUT2D eigenvalue weighted by Crippen LogP contribution is 2.31. The van der Waals surface area contributed by atoms with Gasteiger partial charge in [-0.15, -0.1) is 0 Å². The van der Waals surface area contributed by atoms with Crippen LogP contribution in [0.5, 0.6) is 0 Å². The minimum Gasteiger partial charge on any atom is -0.355 e. The molecule has 3 aromatic rings. The molecule has 3 N–H and O–H groups in total. The molecule has 0 spiro atoms. The average molecular weight is 469 g/mol. The Bertz CT molecular complexity index is 929. The third-order valence-electron chi connectivity index (χ3n) is 3.64. The number of halogens is 2. The van der Waals surface area contributed by atoms with Crippen molar-refractivity contribution in [3.63, 3.8) is 0 Å². The van der Waals surface area contributed by atoms with E-state index < -0.39 is 5.91 Å². The molecule has 1 amide bonds. The molecule has 1 aromatic heterocycles. The highest BCUT2D eigenvalue weighted by Gasteiger charge is 2.17. The Kier molecular flexibility index (Phi) is 5.26. The number of aryl methyl sites for hydroxylation is 1. The van der Waals surface area contributed by atoms with Gasteiger partial charge in [-0.2, -0.15) is 5.10 Å². The van der Waals surface area contributed by atoms with Crippen molar-refractivity contribution < 1.29 is 10.0 Å². The zero-order valence-corrected chi connectivity index (χ0v) is 16.0. The fourth-order valence-electron chi connectivity index (χ4n) is 2.41. The largest absolute Gasteiger partial charge is 0.355 e. The number of hydrogen-bond acceptors (Lipinski definition) is 4. The standard InChI is InChI=1S/C17H14ClIN4O2/c1-10-7-11(19)3-4-14(10)21-15-9-16(23-6-2-5-20-23)13(18)8-12(15)17(24)22-25/h2-9,21,25H,1H3,(H,22,24). The van der Waals surface area contributed by atoms with Crippen molar-refractivity contribution >= 4 is 51.5 Å². The quantitative estimate of drug-likeness (QED) is 0.303. The number of rotatable bonds is 4. The molecule has 128 valence electrons. The summed E-state index contributed by atoms with van der Waals surface area (Å²) in [5.74, 6) is -0.653. The van der Waals surface area contributed by atoms with Gasteiger partial charge in [0.25, 0.3) is 5.91 Å². The summed E-state index contributed by atoms with van der Waals surface area (Å²) < 4.78 is 2.72. The molecular weight excluding hydrogens is 455 g/mol. The van der Waals surface area contributed by atoms with Crippen LogP contribution in [-0.4, -0.2) is 20.9 Å². The molecule has 0 aliphatic heterocycles. The van der Waals surface area contributed by atoms with Crippen LogP contribution in [0, 0.1) is 10.5 Å². The lowest BCUT2D eigenvalue weighted by Crippen LogP contribution is -2.20. The fourth-order valence-corrected chi connectivity index (χ4v) is 3.31. The normalized spacial score (nSPS) is 10.6. The van der Waals surface area contributed by atoms with Gasteiger partial charge in [0.1, 0.15) is 0 Å². The van der Waals surface area contributed by atoms with E-state index >= 15 is 0 Å². The number of aromatic nitrogens is 2. The van der Waals surface area contributed by atoms with Crippen molar-refractivity contribution in [3.8, 4) is 5.69 Å². The molecule has 2 aromatic carbocycles. The number of nitrogens with one attached hydrogen (secondary N) is 2. The van der Waals surface area contributed by atoms with E-state index in [0.29, 0.717) is 16.4 Å². The summed E-state index contributed by atoms with van der Waals surface area (Å²) in [6.45, 7) is 1.97. The van der Waals surface area contributed by atoms with Gasteiger partial charge < -0.3 is 5.32 Å². The molecule has 0 unspecified atom stereocenters. The van der Waals surface area contributed by atoms with Gasteiger partial charge >= 0.3 is 0 Å². The topological polar surface area (TPSA) is 79.2 Å². The second kappa shape index (κ2) is 7.42. The molecule has 0 fully saturated rings. The summed E-state index contributed by atoms with van der Waals surface area (Å²) in [6, 6.07) is 10.9. The van der Waals surface area contributed by atoms with Crippen molar-refractivity contribution in [3.05, 3.63) is 68.5 Å². The van der Waals surface area contributed by atoms with Crippen LogP contribution in [0.2, 0.25) is 5.02 Å². The Balaban J connectivity index is 2.11. The van der Waals surface area contributed by atoms with Crippen molar-refractivity contribution in [1.82, 2.24) is 15.3 Å². The number of hydroxylamine groups is 1. The van der Waals surface area contributed by atoms with E-state index in [2.05, 4.69) is 33.0 Å². The van der Waals surface area contributed by atoms with E-state index in [-0.39, 0.29) is 5.56 Å². The summed E-state index contributed by atoms with van der Waals surface area (Å²) >= 11 is 8.54. The molecular formula is C17H14ClIN4O2. The number of benzene rings is 2. The van der Waals surface area contributed by atoms with Crippen molar-refractivity contribution in [1.29, 1.82) is 0 Å². The van der Waals surface area contributed by atoms with Gasteiger partial charge in [-0.05, 0) is 71.5 Å². The first-order valence-corrected chi connectivity index (χ1v) is 8.76. The van der Waals surface area contributed by atoms with Crippen LogP contribution < -0.4 is 10.8 Å². The zero-order valence-electron chi connectivity index (χ0n) is 13.1. The number of hydrogen-bond donors (Lipinski definition) is 3. The first kappa shape index (κ1) is 17.7. The van der Waals surface area contributed by atoms with E-state index in [4.69, 9.17) is 16.8 Å². The first-order valence-electron chi connectivity index (χ1n) is 7.31. The van der Waals surface area contributed by atoms with Crippen LogP contribution in [0.4, 0.5) is 11.4 Å². The van der Waals surface area contributed by atoms with E-state index in [1.54, 1.807) is 34.7 Å². The van der Waals surface area contributed by atoms with Gasteiger partial charge in [0.2, 0.25) is 0 Å². The molecule has 8 heteroatoms. The number of nitrogens with zero attached hydrogens (tertiary/aromatic N) is 2. The van der Waals surface area contributed by atoms with Gasteiger partial charge in [-0.3, -0.25) is 10.0 Å². The third-order valence-corrected chi connectivity index (χ3v) is 4.62. The second-order valence-corrected chi connectivity index (χ2v) is 6.98. The van der Waals surface area contributed by atoms with Crippen molar-refractivity contribution in [2.75, 3.05) is 5.32 Å². The van der Waals surface area contributed by atoms with Crippen molar-refractivity contribution in [2.45, 2.75) is 6.92 Å². The lowest BCUT2D eigenvalue weighted by molar-refractivity contribution is 0.0707. The minimum atomic E-state index is -0.653. The Morgan fingerprint density at radius 1 is 1.28 bits per heavy atom. The molecule has 0 bridgehead atoms. The van der Waals surface area contributed by atoms with E-state index in [1.165, 1.54) is 6.07 Å². The van der Waals surface area contributed by atoms with E-state index in [9.17, 15) is 4.79 Å². The Hall–Kier alpha value is -2.10. The fraction of sp³-hybridized carbons (Fsp3) is 0.0588. The second-order valence-electron chi connectivity index (χ2n) is 5.33. The molecule has 0 saturated carbocycles. The Labute approximate surface area is 162 Å². The van der Waals surface area contributed by atoms with Gasteiger partial charge in [0.05, 0.1) is 22.0 Å². The molecule has 0 aliphatic carbocycles. The zero-order chi connectivity index (χ0) is 18.0. The maximum absolute atomic E-state index is 12.0. The van der Waals surface area contributed by atoms with Gasteiger partial charge in [-0.1, -0.05) is 11.6 Å². The highest BCUT2D eigenvalue weighted by molar-refractivity contribution is 14.1. The summed E-state index contributed by atoms with van der Waals surface area (Å²) in [6.07, 6.45) is 3.40. The maximum Gasteiger partial charge on any atom is 0.276 e. The average Bonchev–Trinajstić information content (AvgIpc) is 3.12. The summed E-state index contributed by atoms with van der Waals surface area (Å²) in [5, 5.41) is 16.8. The predicted octanol–water partition coefficient (Wildman–Crippen LogP) is 4.30. The van der Waals surface area contributed by atoms with Gasteiger partial charge in [0.15, 0.2) is 0 Å². The molecule has 0 saturated heterocycles. The SMILES string of the molecule is Cc1cc(I)ccc1Nc1cc(-n2cccn2)c(Cl)cc1C(=O)NO. The van der Waals surface area contributed by atoms with Gasteiger partial charge in [-0.25, -0.2) is 10.2 Å². The van der Waals surface area contributed by atoms with Crippen LogP contribution in [0.3, 0.4) is 0 Å². The maximum atomic E-state index is 12.0. The number of carbonyl (C=O) groups excluding carboxylic acids is 1. The first-order chi connectivity index (χ1) is 12.0. The molecule has 0 radical (unpaired) electrons. The molecule has 0 aliphatic rings. The molecule has 1 heterocycles. The van der Waals surface area contributed by atoms with Crippen LogP contribution in [0.25, 0.3) is 5.69 Å². The Morgan fingerprint density at radius 2 is 2.08 bits per heavy atom. The lowest BCUT2D eigenvalue weighted by Gasteiger charge is -2.16. The van der Waals surface area contributed by atoms with Crippen LogP contribution in [0.1, 0.15) is 15.9 Å². The molecule has 6 nitrogen and oxygen atoms in total. The van der Waals surface area contributed by atoms with Gasteiger partial charge in [0, 0.05) is 21.7 Å². The Morgan fingerprint density at radius 3 is 2.72 bits per heavy atom. The van der Waals surface area contributed by atoms with E-state index in [1.807, 2.05) is 25.1 Å². The number of anilines is 2. The number of amides is 1. The molecule has 0 atom stereocenters.